The highest BCUT2D eigenvalue weighted by Crippen LogP contribution is 2.32. The average molecular weight is 405 g/mol. The molecule has 1 saturated heterocycles. The topological polar surface area (TPSA) is 86.3 Å². The number of nitro groups is 1. The molecule has 8 nitrogen and oxygen atoms in total. The van der Waals surface area contributed by atoms with Crippen molar-refractivity contribution in [3.8, 4) is 0 Å². The SMILES string of the molecule is O=[N+]([O-])/C(C(Cl)=C(Cl)Cl)=C(/N1CCOCC1)n1nnc2ccccc21. The number of halogens is 3. The van der Waals surface area contributed by atoms with Gasteiger partial charge < -0.3 is 9.64 Å². The third kappa shape index (κ3) is 3.57. The molecular weight excluding hydrogens is 393 g/mol. The van der Waals surface area contributed by atoms with Crippen LogP contribution in [0, 0.1) is 10.1 Å². The summed E-state index contributed by atoms with van der Waals surface area (Å²) in [6.45, 7) is 1.67. The van der Waals surface area contributed by atoms with E-state index in [1.54, 1.807) is 29.2 Å². The number of rotatable bonds is 4. The number of aromatic nitrogens is 3. The largest absolute Gasteiger partial charge is 0.378 e. The summed E-state index contributed by atoms with van der Waals surface area (Å²) in [5.41, 5.74) is 0.741. The number of morpholine rings is 1. The maximum atomic E-state index is 11.8. The molecule has 1 aliphatic rings. The van der Waals surface area contributed by atoms with Crippen molar-refractivity contribution in [3.05, 3.63) is 49.6 Å². The summed E-state index contributed by atoms with van der Waals surface area (Å²) in [6.07, 6.45) is 0. The van der Waals surface area contributed by atoms with Gasteiger partial charge >= 0.3 is 5.70 Å². The van der Waals surface area contributed by atoms with E-state index >= 15 is 0 Å². The van der Waals surface area contributed by atoms with Crippen LogP contribution >= 0.6 is 34.8 Å². The third-order valence-corrected chi connectivity index (χ3v) is 4.57. The van der Waals surface area contributed by atoms with E-state index in [9.17, 15) is 10.1 Å². The summed E-state index contributed by atoms with van der Waals surface area (Å²) in [5, 5.41) is 19.5. The van der Waals surface area contributed by atoms with E-state index in [-0.39, 0.29) is 10.9 Å². The first-order valence-electron chi connectivity index (χ1n) is 7.24. The second-order valence-corrected chi connectivity index (χ2v) is 6.42. The highest BCUT2D eigenvalue weighted by Gasteiger charge is 2.32. The highest BCUT2D eigenvalue weighted by atomic mass is 35.5. The average Bonchev–Trinajstić information content (AvgIpc) is 3.03. The Kier molecular flexibility index (Phi) is 5.43. The molecule has 0 unspecified atom stereocenters. The second kappa shape index (κ2) is 7.57. The number of nitrogens with zero attached hydrogens (tertiary/aromatic N) is 5. The maximum Gasteiger partial charge on any atom is 0.332 e. The molecule has 25 heavy (non-hydrogen) atoms. The first-order chi connectivity index (χ1) is 12.0. The predicted octanol–water partition coefficient (Wildman–Crippen LogP) is 3.05. The van der Waals surface area contributed by atoms with Crippen LogP contribution < -0.4 is 0 Å². The number of fused-ring (bicyclic) bond motifs is 1. The molecule has 1 aliphatic heterocycles. The van der Waals surface area contributed by atoms with Crippen molar-refractivity contribution in [2.45, 2.75) is 0 Å². The van der Waals surface area contributed by atoms with Crippen LogP contribution in [0.25, 0.3) is 16.9 Å². The van der Waals surface area contributed by atoms with Gasteiger partial charge in [-0.2, -0.15) is 4.68 Å². The number of benzene rings is 1. The van der Waals surface area contributed by atoms with Crippen molar-refractivity contribution in [2.75, 3.05) is 26.3 Å². The molecule has 3 rings (SSSR count). The quantitative estimate of drug-likeness (QED) is 0.442. The molecule has 0 N–H and O–H groups in total. The number of para-hydroxylation sites is 1. The van der Waals surface area contributed by atoms with Crippen LogP contribution in [0.2, 0.25) is 0 Å². The molecule has 0 spiro atoms. The molecular formula is C14H12Cl3N5O3. The van der Waals surface area contributed by atoms with Crippen molar-refractivity contribution in [1.29, 1.82) is 0 Å². The Morgan fingerprint density at radius 3 is 2.52 bits per heavy atom. The standard InChI is InChI=1S/C14H12Cl3N5O3/c15-11(13(16)17)12(22(23)24)14(20-5-7-25-8-6-20)21-10-4-2-1-3-9(10)18-19-21/h1-4H,5-8H2/b14-12-. The van der Waals surface area contributed by atoms with Gasteiger partial charge in [-0.15, -0.1) is 5.10 Å². The van der Waals surface area contributed by atoms with E-state index in [2.05, 4.69) is 10.3 Å². The lowest BCUT2D eigenvalue weighted by molar-refractivity contribution is -0.419. The van der Waals surface area contributed by atoms with Gasteiger partial charge in [0.05, 0.1) is 23.7 Å². The van der Waals surface area contributed by atoms with Crippen LogP contribution in [0.4, 0.5) is 0 Å². The number of allylic oxidation sites excluding steroid dienone is 1. The molecule has 0 bridgehead atoms. The van der Waals surface area contributed by atoms with E-state index in [1.165, 1.54) is 4.68 Å². The van der Waals surface area contributed by atoms with Crippen molar-refractivity contribution >= 4 is 51.7 Å². The molecule has 0 saturated carbocycles. The summed E-state index contributed by atoms with van der Waals surface area (Å²) < 4.78 is 6.30. The van der Waals surface area contributed by atoms with Crippen LogP contribution in [0.15, 0.2) is 39.5 Å². The lowest BCUT2D eigenvalue weighted by Crippen LogP contribution is -2.38. The molecule has 11 heteroatoms. The Morgan fingerprint density at radius 2 is 1.88 bits per heavy atom. The summed E-state index contributed by atoms with van der Waals surface area (Å²) in [4.78, 5) is 12.9. The minimum Gasteiger partial charge on any atom is -0.378 e. The van der Waals surface area contributed by atoms with Gasteiger partial charge in [0.25, 0.3) is 0 Å². The van der Waals surface area contributed by atoms with Crippen molar-refractivity contribution < 1.29 is 9.66 Å². The zero-order valence-electron chi connectivity index (χ0n) is 12.7. The molecule has 0 amide bonds. The first-order valence-corrected chi connectivity index (χ1v) is 8.37. The van der Waals surface area contributed by atoms with Gasteiger partial charge in [-0.05, 0) is 12.1 Å². The third-order valence-electron chi connectivity index (χ3n) is 3.63. The fourth-order valence-electron chi connectivity index (χ4n) is 2.53. The Hall–Kier alpha value is -1.87. The number of hydrogen-bond acceptors (Lipinski definition) is 6. The van der Waals surface area contributed by atoms with Crippen LogP contribution in [0.5, 0.6) is 0 Å². The molecule has 2 heterocycles. The zero-order valence-corrected chi connectivity index (χ0v) is 15.0. The van der Waals surface area contributed by atoms with Gasteiger partial charge in [-0.25, -0.2) is 0 Å². The fourth-order valence-corrected chi connectivity index (χ4v) is 2.87. The van der Waals surface area contributed by atoms with Gasteiger partial charge in [0.1, 0.15) is 10.0 Å². The van der Waals surface area contributed by atoms with Crippen molar-refractivity contribution in [2.24, 2.45) is 0 Å². The van der Waals surface area contributed by atoms with E-state index < -0.39 is 15.1 Å². The smallest absolute Gasteiger partial charge is 0.332 e. The normalized spacial score (nSPS) is 15.9. The van der Waals surface area contributed by atoms with Gasteiger partial charge in [0.2, 0.25) is 5.82 Å². The van der Waals surface area contributed by atoms with Crippen LogP contribution in [-0.4, -0.2) is 51.1 Å². The summed E-state index contributed by atoms with van der Waals surface area (Å²) in [5.74, 6) is 0.144. The van der Waals surface area contributed by atoms with Crippen molar-refractivity contribution in [3.63, 3.8) is 0 Å². The monoisotopic (exact) mass is 403 g/mol. The molecule has 1 aromatic carbocycles. The molecule has 0 atom stereocenters. The Balaban J connectivity index is 2.30. The first kappa shape index (κ1) is 17.9. The van der Waals surface area contributed by atoms with Gasteiger partial charge in [0, 0.05) is 13.1 Å². The molecule has 0 radical (unpaired) electrons. The van der Waals surface area contributed by atoms with Gasteiger partial charge in [-0.3, -0.25) is 10.1 Å². The molecule has 1 aromatic heterocycles. The second-order valence-electron chi connectivity index (χ2n) is 5.09. The summed E-state index contributed by atoms with van der Waals surface area (Å²) in [7, 11) is 0. The van der Waals surface area contributed by atoms with E-state index in [0.717, 1.165) is 0 Å². The highest BCUT2D eigenvalue weighted by molar-refractivity contribution is 6.59. The zero-order chi connectivity index (χ0) is 18.0. The Bertz CT molecular complexity index is 869. The lowest BCUT2D eigenvalue weighted by Gasteiger charge is -2.30. The molecule has 0 aliphatic carbocycles. The summed E-state index contributed by atoms with van der Waals surface area (Å²) in [6, 6.07) is 7.11. The van der Waals surface area contributed by atoms with Gasteiger partial charge in [0.15, 0.2) is 5.03 Å². The lowest BCUT2D eigenvalue weighted by atomic mass is 10.3. The number of ether oxygens (including phenoxy) is 1. The molecule has 132 valence electrons. The van der Waals surface area contributed by atoms with Crippen molar-refractivity contribution in [1.82, 2.24) is 19.9 Å². The maximum absolute atomic E-state index is 11.8. The predicted molar refractivity (Wildman–Crippen MR) is 94.7 cm³/mol. The van der Waals surface area contributed by atoms with E-state index in [1.807, 2.05) is 0 Å². The van der Waals surface area contributed by atoms with Crippen LogP contribution in [0.3, 0.4) is 0 Å². The minimum absolute atomic E-state index is 0.144. The summed E-state index contributed by atoms with van der Waals surface area (Å²) >= 11 is 17.5. The van der Waals surface area contributed by atoms with E-state index in [0.29, 0.717) is 37.3 Å². The van der Waals surface area contributed by atoms with Crippen LogP contribution in [0.1, 0.15) is 0 Å². The number of hydrogen-bond donors (Lipinski definition) is 0. The van der Waals surface area contributed by atoms with Gasteiger partial charge in [-0.1, -0.05) is 52.1 Å². The van der Waals surface area contributed by atoms with Crippen LogP contribution in [-0.2, 0) is 4.74 Å². The molecule has 2 aromatic rings. The Morgan fingerprint density at radius 1 is 1.20 bits per heavy atom. The molecule has 1 fully saturated rings. The fraction of sp³-hybridized carbons (Fsp3) is 0.286. The minimum atomic E-state index is -0.631. The Labute approximate surface area is 157 Å². The van der Waals surface area contributed by atoms with E-state index in [4.69, 9.17) is 39.5 Å².